The third kappa shape index (κ3) is 2.89. The predicted molar refractivity (Wildman–Crippen MR) is 84.1 cm³/mol. The number of nitrogens with zero attached hydrogens (tertiary/aromatic N) is 2. The second-order valence-electron chi connectivity index (χ2n) is 4.86. The minimum Gasteiger partial charge on any atom is -0.497 e. The first kappa shape index (κ1) is 14.4. The number of hydrogen-bond donors (Lipinski definition) is 1. The SMILES string of the molecule is COc1cccc(OCc2nc3ccccc3n2CCO)c1. The number of imidazole rings is 1. The molecular formula is C17H18N2O3. The molecular weight excluding hydrogens is 280 g/mol. The number of para-hydroxylation sites is 2. The first-order valence-corrected chi connectivity index (χ1v) is 7.13. The number of hydrogen-bond acceptors (Lipinski definition) is 4. The zero-order chi connectivity index (χ0) is 15.4. The quantitative estimate of drug-likeness (QED) is 0.760. The van der Waals surface area contributed by atoms with Gasteiger partial charge in [-0.25, -0.2) is 4.98 Å². The zero-order valence-corrected chi connectivity index (χ0v) is 12.4. The van der Waals surface area contributed by atoms with Crippen LogP contribution in [0.3, 0.4) is 0 Å². The third-order valence-corrected chi connectivity index (χ3v) is 3.47. The highest BCUT2D eigenvalue weighted by Gasteiger charge is 2.10. The molecule has 0 radical (unpaired) electrons. The van der Waals surface area contributed by atoms with Crippen LogP contribution in [-0.4, -0.2) is 28.4 Å². The maximum atomic E-state index is 9.27. The van der Waals surface area contributed by atoms with Crippen molar-refractivity contribution in [3.05, 3.63) is 54.4 Å². The van der Waals surface area contributed by atoms with E-state index < -0.39 is 0 Å². The number of methoxy groups -OCH3 is 1. The van der Waals surface area contributed by atoms with Crippen molar-refractivity contribution in [2.24, 2.45) is 0 Å². The van der Waals surface area contributed by atoms with E-state index >= 15 is 0 Å². The first-order chi connectivity index (χ1) is 10.8. The maximum Gasteiger partial charge on any atom is 0.148 e. The van der Waals surface area contributed by atoms with Crippen LogP contribution in [0.2, 0.25) is 0 Å². The Morgan fingerprint density at radius 3 is 2.73 bits per heavy atom. The summed E-state index contributed by atoms with van der Waals surface area (Å²) >= 11 is 0. The summed E-state index contributed by atoms with van der Waals surface area (Å²) < 4.78 is 13.0. The fourth-order valence-corrected chi connectivity index (χ4v) is 2.42. The second kappa shape index (κ2) is 6.49. The molecule has 2 aromatic carbocycles. The molecule has 0 bridgehead atoms. The molecule has 0 atom stereocenters. The summed E-state index contributed by atoms with van der Waals surface area (Å²) in [6.07, 6.45) is 0. The molecule has 0 unspecified atom stereocenters. The van der Waals surface area contributed by atoms with E-state index in [9.17, 15) is 5.11 Å². The fourth-order valence-electron chi connectivity index (χ4n) is 2.42. The van der Waals surface area contributed by atoms with Crippen LogP contribution in [-0.2, 0) is 13.2 Å². The summed E-state index contributed by atoms with van der Waals surface area (Å²) in [6, 6.07) is 15.3. The smallest absolute Gasteiger partial charge is 0.148 e. The predicted octanol–water partition coefficient (Wildman–Crippen LogP) is 2.62. The summed E-state index contributed by atoms with van der Waals surface area (Å²) in [5.74, 6) is 2.27. The van der Waals surface area contributed by atoms with Gasteiger partial charge < -0.3 is 19.1 Å². The summed E-state index contributed by atoms with van der Waals surface area (Å²) in [7, 11) is 1.62. The molecule has 22 heavy (non-hydrogen) atoms. The Morgan fingerprint density at radius 1 is 1.09 bits per heavy atom. The number of aliphatic hydroxyl groups is 1. The molecule has 3 rings (SSSR count). The highest BCUT2D eigenvalue weighted by atomic mass is 16.5. The molecule has 5 heteroatoms. The van der Waals surface area contributed by atoms with E-state index in [0.29, 0.717) is 13.2 Å². The molecule has 3 aromatic rings. The highest BCUT2D eigenvalue weighted by molar-refractivity contribution is 5.75. The van der Waals surface area contributed by atoms with Crippen LogP contribution in [0.4, 0.5) is 0 Å². The Balaban J connectivity index is 1.85. The molecule has 114 valence electrons. The van der Waals surface area contributed by atoms with Gasteiger partial charge in [0, 0.05) is 12.6 Å². The van der Waals surface area contributed by atoms with E-state index in [2.05, 4.69) is 4.98 Å². The van der Waals surface area contributed by atoms with Crippen LogP contribution in [0.1, 0.15) is 5.82 Å². The van der Waals surface area contributed by atoms with Gasteiger partial charge in [0.25, 0.3) is 0 Å². The molecule has 1 N–H and O–H groups in total. The number of benzene rings is 2. The van der Waals surface area contributed by atoms with Crippen molar-refractivity contribution in [2.75, 3.05) is 13.7 Å². The van der Waals surface area contributed by atoms with E-state index in [1.165, 1.54) is 0 Å². The van der Waals surface area contributed by atoms with Gasteiger partial charge in [0.1, 0.15) is 23.9 Å². The minimum absolute atomic E-state index is 0.0620. The van der Waals surface area contributed by atoms with E-state index in [4.69, 9.17) is 9.47 Å². The lowest BCUT2D eigenvalue weighted by molar-refractivity contribution is 0.260. The molecule has 0 saturated carbocycles. The lowest BCUT2D eigenvalue weighted by Gasteiger charge is -2.10. The molecule has 1 aromatic heterocycles. The highest BCUT2D eigenvalue weighted by Crippen LogP contribution is 2.21. The number of fused-ring (bicyclic) bond motifs is 1. The number of ether oxygens (including phenoxy) is 2. The summed E-state index contributed by atoms with van der Waals surface area (Å²) in [5, 5.41) is 9.27. The van der Waals surface area contributed by atoms with Crippen molar-refractivity contribution in [1.29, 1.82) is 0 Å². The van der Waals surface area contributed by atoms with Gasteiger partial charge in [-0.05, 0) is 24.3 Å². The normalized spacial score (nSPS) is 10.8. The number of aliphatic hydroxyl groups excluding tert-OH is 1. The molecule has 0 amide bonds. The van der Waals surface area contributed by atoms with Gasteiger partial charge in [0.2, 0.25) is 0 Å². The van der Waals surface area contributed by atoms with Crippen LogP contribution in [0.25, 0.3) is 11.0 Å². The van der Waals surface area contributed by atoms with Gasteiger partial charge >= 0.3 is 0 Å². The average Bonchev–Trinajstić information content (AvgIpc) is 2.91. The van der Waals surface area contributed by atoms with Gasteiger partial charge in [0.05, 0.1) is 24.8 Å². The van der Waals surface area contributed by atoms with Gasteiger partial charge in [-0.15, -0.1) is 0 Å². The van der Waals surface area contributed by atoms with Crippen molar-refractivity contribution >= 4 is 11.0 Å². The molecule has 0 spiro atoms. The number of aromatic nitrogens is 2. The lowest BCUT2D eigenvalue weighted by atomic mass is 10.3. The summed E-state index contributed by atoms with van der Waals surface area (Å²) in [4.78, 5) is 4.58. The molecule has 0 fully saturated rings. The summed E-state index contributed by atoms with van der Waals surface area (Å²) in [5.41, 5.74) is 1.90. The molecule has 5 nitrogen and oxygen atoms in total. The van der Waals surface area contributed by atoms with Crippen molar-refractivity contribution in [2.45, 2.75) is 13.2 Å². The van der Waals surface area contributed by atoms with E-state index in [0.717, 1.165) is 28.4 Å². The monoisotopic (exact) mass is 298 g/mol. The second-order valence-corrected chi connectivity index (χ2v) is 4.86. The van der Waals surface area contributed by atoms with Crippen molar-refractivity contribution < 1.29 is 14.6 Å². The molecule has 0 aliphatic heterocycles. The molecule has 0 aliphatic rings. The van der Waals surface area contributed by atoms with Crippen molar-refractivity contribution in [3.8, 4) is 11.5 Å². The standard InChI is InChI=1S/C17H18N2O3/c1-21-13-5-4-6-14(11-13)22-12-17-18-15-7-2-3-8-16(15)19(17)9-10-20/h2-8,11,20H,9-10,12H2,1H3. The van der Waals surface area contributed by atoms with Crippen molar-refractivity contribution in [1.82, 2.24) is 9.55 Å². The maximum absolute atomic E-state index is 9.27. The van der Waals surface area contributed by atoms with Gasteiger partial charge in [-0.2, -0.15) is 0 Å². The van der Waals surface area contributed by atoms with Crippen LogP contribution >= 0.6 is 0 Å². The number of rotatable bonds is 6. The van der Waals surface area contributed by atoms with E-state index in [1.54, 1.807) is 7.11 Å². The van der Waals surface area contributed by atoms with Gasteiger partial charge in [0.15, 0.2) is 0 Å². The van der Waals surface area contributed by atoms with Crippen LogP contribution < -0.4 is 9.47 Å². The van der Waals surface area contributed by atoms with Crippen LogP contribution in [0.15, 0.2) is 48.5 Å². The Bertz CT molecular complexity index is 767. The Hall–Kier alpha value is -2.53. The lowest BCUT2D eigenvalue weighted by Crippen LogP contribution is -2.09. The molecule has 0 saturated heterocycles. The third-order valence-electron chi connectivity index (χ3n) is 3.47. The topological polar surface area (TPSA) is 56.5 Å². The largest absolute Gasteiger partial charge is 0.497 e. The summed E-state index contributed by atoms with van der Waals surface area (Å²) in [6.45, 7) is 0.895. The molecule has 0 aliphatic carbocycles. The van der Waals surface area contributed by atoms with Gasteiger partial charge in [-0.1, -0.05) is 18.2 Å². The Morgan fingerprint density at radius 2 is 1.91 bits per heavy atom. The van der Waals surface area contributed by atoms with E-state index in [-0.39, 0.29) is 6.61 Å². The minimum atomic E-state index is 0.0620. The van der Waals surface area contributed by atoms with Crippen molar-refractivity contribution in [3.63, 3.8) is 0 Å². The Kier molecular flexibility index (Phi) is 4.25. The van der Waals surface area contributed by atoms with Crippen LogP contribution in [0, 0.1) is 0 Å². The zero-order valence-electron chi connectivity index (χ0n) is 12.4. The first-order valence-electron chi connectivity index (χ1n) is 7.13. The van der Waals surface area contributed by atoms with Gasteiger partial charge in [-0.3, -0.25) is 0 Å². The fraction of sp³-hybridized carbons (Fsp3) is 0.235. The van der Waals surface area contributed by atoms with Crippen LogP contribution in [0.5, 0.6) is 11.5 Å². The Labute approximate surface area is 128 Å². The van der Waals surface area contributed by atoms with E-state index in [1.807, 2.05) is 53.1 Å². The average molecular weight is 298 g/mol. The molecule has 1 heterocycles.